The molecule has 3 rings (SSSR count). The molecule has 4 nitrogen and oxygen atoms in total. The molecule has 0 bridgehead atoms. The van der Waals surface area contributed by atoms with Gasteiger partial charge in [-0.25, -0.2) is 0 Å². The molecule has 1 fully saturated rings. The lowest BCUT2D eigenvalue weighted by Crippen LogP contribution is -2.34. The number of aryl methyl sites for hydroxylation is 1. The van der Waals surface area contributed by atoms with Crippen LogP contribution in [0.15, 0.2) is 48.5 Å². The fourth-order valence-corrected chi connectivity index (χ4v) is 4.26. The minimum Gasteiger partial charge on any atom is -0.371 e. The minimum atomic E-state index is 0.444. The number of hydrogen-bond acceptors (Lipinski definition) is 4. The molecule has 1 heterocycles. The lowest BCUT2D eigenvalue weighted by molar-refractivity contribution is 0.238. The van der Waals surface area contributed by atoms with E-state index in [2.05, 4.69) is 83.6 Å². The highest BCUT2D eigenvalue weighted by atomic mass is 15.2. The monoisotopic (exact) mass is 390 g/mol. The third-order valence-corrected chi connectivity index (χ3v) is 5.99. The first kappa shape index (κ1) is 21.4. The summed E-state index contributed by atoms with van der Waals surface area (Å²) in [6.07, 6.45) is 3.18. The van der Waals surface area contributed by atoms with Crippen LogP contribution < -0.4 is 10.2 Å². The summed E-state index contributed by atoms with van der Waals surface area (Å²) in [6.45, 7) is 10.3. The molecule has 1 atom stereocenters. The van der Waals surface area contributed by atoms with Crippen molar-refractivity contribution >= 4 is 5.69 Å². The van der Waals surface area contributed by atoms with Gasteiger partial charge in [0.1, 0.15) is 0 Å². The second-order valence-corrected chi connectivity index (χ2v) is 7.90. The molecule has 1 aliphatic rings. The number of rotatable bonds is 10. The van der Waals surface area contributed by atoms with Crippen LogP contribution in [0.1, 0.15) is 48.9 Å². The molecule has 29 heavy (non-hydrogen) atoms. The summed E-state index contributed by atoms with van der Waals surface area (Å²) in [4.78, 5) is 4.89. The Labute approximate surface area is 176 Å². The molecule has 0 aliphatic carbocycles. The highest BCUT2D eigenvalue weighted by Crippen LogP contribution is 2.25. The average Bonchev–Trinajstić information content (AvgIpc) is 3.28. The summed E-state index contributed by atoms with van der Waals surface area (Å²) in [6, 6.07) is 20.3. The summed E-state index contributed by atoms with van der Waals surface area (Å²) in [5.41, 5.74) is 5.27. The molecule has 2 aromatic carbocycles. The number of hydrogen-bond donors (Lipinski definition) is 1. The summed E-state index contributed by atoms with van der Waals surface area (Å²) in [5.74, 6) is 0. The normalized spacial score (nSPS) is 15.2. The van der Waals surface area contributed by atoms with E-state index in [1.807, 2.05) is 0 Å². The first-order chi connectivity index (χ1) is 14.2. The first-order valence-electron chi connectivity index (χ1n) is 10.9. The number of nitrogens with zero attached hydrogens (tertiary/aromatic N) is 3. The topological polar surface area (TPSA) is 42.3 Å². The fraction of sp³-hybridized carbons (Fsp3) is 0.480. The number of anilines is 1. The smallest absolute Gasteiger partial charge is 0.0640 e. The van der Waals surface area contributed by atoms with Crippen molar-refractivity contribution in [3.63, 3.8) is 0 Å². The Morgan fingerprint density at radius 2 is 1.90 bits per heavy atom. The van der Waals surface area contributed by atoms with Crippen molar-refractivity contribution in [2.75, 3.05) is 37.6 Å². The molecule has 1 saturated heterocycles. The molecule has 1 aliphatic heterocycles. The SMILES string of the molecule is CCN(CCC#N)c1ccc(CNC[C@@H](c2ccccc2)N2CCCC2)c(C)c1. The highest BCUT2D eigenvalue weighted by molar-refractivity contribution is 5.50. The van der Waals surface area contributed by atoms with E-state index in [-0.39, 0.29) is 0 Å². The van der Waals surface area contributed by atoms with Gasteiger partial charge in [-0.15, -0.1) is 0 Å². The third-order valence-electron chi connectivity index (χ3n) is 5.99. The molecule has 0 spiro atoms. The van der Waals surface area contributed by atoms with Gasteiger partial charge in [-0.2, -0.15) is 5.26 Å². The number of nitrogens with one attached hydrogen (secondary N) is 1. The van der Waals surface area contributed by atoms with Gasteiger partial charge in [0.25, 0.3) is 0 Å². The van der Waals surface area contributed by atoms with E-state index in [0.717, 1.165) is 26.2 Å². The largest absolute Gasteiger partial charge is 0.371 e. The molecule has 154 valence electrons. The van der Waals surface area contributed by atoms with Gasteiger partial charge in [0.15, 0.2) is 0 Å². The number of nitriles is 1. The molecular weight excluding hydrogens is 356 g/mol. The van der Waals surface area contributed by atoms with Crippen LogP contribution in [-0.2, 0) is 6.54 Å². The second-order valence-electron chi connectivity index (χ2n) is 7.90. The van der Waals surface area contributed by atoms with Gasteiger partial charge in [-0.3, -0.25) is 4.90 Å². The Kier molecular flexibility index (Phi) is 8.10. The van der Waals surface area contributed by atoms with Crippen LogP contribution in [0.4, 0.5) is 5.69 Å². The van der Waals surface area contributed by atoms with Crippen molar-refractivity contribution in [2.24, 2.45) is 0 Å². The minimum absolute atomic E-state index is 0.444. The van der Waals surface area contributed by atoms with Crippen LogP contribution in [0.25, 0.3) is 0 Å². The molecule has 2 aromatic rings. The van der Waals surface area contributed by atoms with Gasteiger partial charge in [0.2, 0.25) is 0 Å². The van der Waals surface area contributed by atoms with Crippen LogP contribution in [0.3, 0.4) is 0 Å². The quantitative estimate of drug-likeness (QED) is 0.641. The second kappa shape index (κ2) is 11.0. The van der Waals surface area contributed by atoms with E-state index >= 15 is 0 Å². The van der Waals surface area contributed by atoms with Crippen LogP contribution in [-0.4, -0.2) is 37.6 Å². The van der Waals surface area contributed by atoms with Crippen LogP contribution >= 0.6 is 0 Å². The van der Waals surface area contributed by atoms with E-state index in [0.29, 0.717) is 12.5 Å². The van der Waals surface area contributed by atoms with Crippen LogP contribution in [0.2, 0.25) is 0 Å². The summed E-state index contributed by atoms with van der Waals surface area (Å²) in [5, 5.41) is 12.6. The van der Waals surface area contributed by atoms with Crippen molar-refractivity contribution in [1.82, 2.24) is 10.2 Å². The molecule has 0 saturated carbocycles. The molecule has 4 heteroatoms. The van der Waals surface area contributed by atoms with Gasteiger partial charge in [0, 0.05) is 37.9 Å². The number of benzene rings is 2. The molecule has 1 N–H and O–H groups in total. The molecule has 0 aromatic heterocycles. The molecule has 0 radical (unpaired) electrons. The maximum absolute atomic E-state index is 8.87. The van der Waals surface area contributed by atoms with Gasteiger partial charge in [-0.05, 0) is 68.6 Å². The lowest BCUT2D eigenvalue weighted by atomic mass is 10.0. The molecular formula is C25H34N4. The van der Waals surface area contributed by atoms with E-state index < -0.39 is 0 Å². The van der Waals surface area contributed by atoms with Gasteiger partial charge in [0.05, 0.1) is 12.5 Å². The average molecular weight is 391 g/mol. The Bertz CT molecular complexity index is 790. The van der Waals surface area contributed by atoms with Crippen molar-refractivity contribution < 1.29 is 0 Å². The highest BCUT2D eigenvalue weighted by Gasteiger charge is 2.22. The zero-order chi connectivity index (χ0) is 20.5. The van der Waals surface area contributed by atoms with E-state index in [1.54, 1.807) is 0 Å². The molecule has 0 unspecified atom stereocenters. The number of likely N-dealkylation sites (tertiary alicyclic amines) is 1. The van der Waals surface area contributed by atoms with Gasteiger partial charge < -0.3 is 10.2 Å². The van der Waals surface area contributed by atoms with Crippen molar-refractivity contribution in [1.29, 1.82) is 5.26 Å². The zero-order valence-electron chi connectivity index (χ0n) is 17.9. The Balaban J connectivity index is 1.61. The Morgan fingerprint density at radius 3 is 2.55 bits per heavy atom. The summed E-state index contributed by atoms with van der Waals surface area (Å²) >= 11 is 0. The van der Waals surface area contributed by atoms with Crippen LogP contribution in [0, 0.1) is 18.3 Å². The van der Waals surface area contributed by atoms with Gasteiger partial charge >= 0.3 is 0 Å². The van der Waals surface area contributed by atoms with E-state index in [1.165, 1.54) is 48.3 Å². The van der Waals surface area contributed by atoms with E-state index in [4.69, 9.17) is 5.26 Å². The summed E-state index contributed by atoms with van der Waals surface area (Å²) in [7, 11) is 0. The van der Waals surface area contributed by atoms with Crippen LogP contribution in [0.5, 0.6) is 0 Å². The predicted octanol–water partition coefficient (Wildman–Crippen LogP) is 4.66. The standard InChI is InChI=1S/C25H34N4/c1-3-28(17-9-14-26)24-13-12-23(21(2)18-24)19-27-20-25(29-15-7-8-16-29)22-10-5-4-6-11-22/h4-6,10-13,18,25,27H,3,7-9,15-17,19-20H2,1-2H3/t25-/m0/s1. The van der Waals surface area contributed by atoms with E-state index in [9.17, 15) is 0 Å². The predicted molar refractivity (Wildman–Crippen MR) is 121 cm³/mol. The Hall–Kier alpha value is -2.35. The third kappa shape index (κ3) is 5.82. The van der Waals surface area contributed by atoms with Gasteiger partial charge in [-0.1, -0.05) is 36.4 Å². The first-order valence-corrected chi connectivity index (χ1v) is 10.9. The van der Waals surface area contributed by atoms with Crippen molar-refractivity contribution in [2.45, 2.75) is 45.7 Å². The Morgan fingerprint density at radius 1 is 1.14 bits per heavy atom. The van der Waals surface area contributed by atoms with Crippen molar-refractivity contribution in [3.05, 3.63) is 65.2 Å². The fourth-order valence-electron chi connectivity index (χ4n) is 4.26. The maximum atomic E-state index is 8.87. The lowest BCUT2D eigenvalue weighted by Gasteiger charge is -2.28. The zero-order valence-corrected chi connectivity index (χ0v) is 17.9. The van der Waals surface area contributed by atoms with Crippen molar-refractivity contribution in [3.8, 4) is 6.07 Å². The maximum Gasteiger partial charge on any atom is 0.0640 e. The molecule has 0 amide bonds. The summed E-state index contributed by atoms with van der Waals surface area (Å²) < 4.78 is 0.